The molecule has 0 saturated heterocycles. The van der Waals surface area contributed by atoms with E-state index in [1.807, 2.05) is 37.3 Å². The van der Waals surface area contributed by atoms with Crippen molar-refractivity contribution in [2.75, 3.05) is 11.5 Å². The lowest BCUT2D eigenvalue weighted by molar-refractivity contribution is -0.120. The topological polar surface area (TPSA) is 55.6 Å². The number of carbonyl (C=O) groups is 1. The number of nitrogens with zero attached hydrogens (tertiary/aromatic N) is 2. The van der Waals surface area contributed by atoms with Gasteiger partial charge >= 0.3 is 0 Å². The third-order valence-corrected chi connectivity index (χ3v) is 4.60. The Kier molecular flexibility index (Phi) is 5.91. The average Bonchev–Trinajstić information content (AvgIpc) is 2.97. The van der Waals surface area contributed by atoms with Crippen LogP contribution in [-0.4, -0.2) is 17.7 Å². The van der Waals surface area contributed by atoms with Crippen LogP contribution in [0.4, 0.5) is 10.1 Å². The monoisotopic (exact) mass is 432 g/mol. The number of hydrogen-bond donors (Lipinski definition) is 0. The van der Waals surface area contributed by atoms with E-state index < -0.39 is 5.82 Å². The molecule has 0 radical (unpaired) electrons. The largest absolute Gasteiger partial charge is 0.481 e. The smallest absolute Gasteiger partial charge is 0.265 e. The van der Waals surface area contributed by atoms with Crippen LogP contribution in [0.5, 0.6) is 5.75 Å². The maximum Gasteiger partial charge on any atom is 0.265 e. The molecule has 0 unspecified atom stereocenters. The van der Waals surface area contributed by atoms with Gasteiger partial charge in [-0.15, -0.1) is 0 Å². The van der Waals surface area contributed by atoms with Crippen molar-refractivity contribution in [2.45, 2.75) is 20.4 Å². The SMILES string of the molecule is Cc1noc(C)c1CN(C(=O)COc1ccc(Br)cc1F)c1ccccc1. The number of amides is 1. The van der Waals surface area contributed by atoms with E-state index in [-0.39, 0.29) is 24.8 Å². The van der Waals surface area contributed by atoms with E-state index >= 15 is 0 Å². The van der Waals surface area contributed by atoms with E-state index in [1.165, 1.54) is 12.1 Å². The number of aryl methyl sites for hydroxylation is 2. The van der Waals surface area contributed by atoms with E-state index in [0.29, 0.717) is 15.9 Å². The molecule has 0 bridgehead atoms. The molecule has 7 heteroatoms. The van der Waals surface area contributed by atoms with Crippen LogP contribution in [0.1, 0.15) is 17.0 Å². The van der Waals surface area contributed by atoms with Crippen molar-refractivity contribution in [3.05, 3.63) is 75.8 Å². The summed E-state index contributed by atoms with van der Waals surface area (Å²) in [5.74, 6) is -0.157. The summed E-state index contributed by atoms with van der Waals surface area (Å²) in [4.78, 5) is 14.4. The Morgan fingerprint density at radius 3 is 2.59 bits per heavy atom. The fourth-order valence-electron chi connectivity index (χ4n) is 2.63. The van der Waals surface area contributed by atoms with Gasteiger partial charge in [-0.2, -0.15) is 0 Å². The third-order valence-electron chi connectivity index (χ3n) is 4.11. The second-order valence-electron chi connectivity index (χ2n) is 5.98. The van der Waals surface area contributed by atoms with Crippen LogP contribution in [-0.2, 0) is 11.3 Å². The number of hydrogen-bond acceptors (Lipinski definition) is 4. The van der Waals surface area contributed by atoms with Crippen LogP contribution < -0.4 is 9.64 Å². The van der Waals surface area contributed by atoms with Gasteiger partial charge in [-0.25, -0.2) is 4.39 Å². The summed E-state index contributed by atoms with van der Waals surface area (Å²) in [5, 5.41) is 3.94. The molecule has 0 aliphatic carbocycles. The fourth-order valence-corrected chi connectivity index (χ4v) is 2.96. The summed E-state index contributed by atoms with van der Waals surface area (Å²) < 4.78 is 25.1. The molecule has 0 spiro atoms. The Hall–Kier alpha value is -2.67. The molecule has 0 N–H and O–H groups in total. The summed E-state index contributed by atoms with van der Waals surface area (Å²) >= 11 is 3.19. The van der Waals surface area contributed by atoms with Gasteiger partial charge in [0.1, 0.15) is 5.76 Å². The standard InChI is InChI=1S/C20H18BrFN2O3/c1-13-17(14(2)27-23-13)11-24(16-6-4-3-5-7-16)20(25)12-26-19-9-8-15(21)10-18(19)22/h3-10H,11-12H2,1-2H3. The van der Waals surface area contributed by atoms with Crippen LogP contribution >= 0.6 is 15.9 Å². The van der Waals surface area contributed by atoms with E-state index in [4.69, 9.17) is 9.26 Å². The van der Waals surface area contributed by atoms with Crippen LogP contribution in [0, 0.1) is 19.7 Å². The number of halogens is 2. The minimum Gasteiger partial charge on any atom is -0.481 e. The highest BCUT2D eigenvalue weighted by molar-refractivity contribution is 9.10. The predicted octanol–water partition coefficient (Wildman–Crippen LogP) is 4.81. The lowest BCUT2D eigenvalue weighted by Gasteiger charge is -2.23. The average molecular weight is 433 g/mol. The number of para-hydroxylation sites is 1. The van der Waals surface area contributed by atoms with Crippen molar-refractivity contribution in [1.82, 2.24) is 5.16 Å². The number of benzene rings is 2. The van der Waals surface area contributed by atoms with Crippen LogP contribution in [0.2, 0.25) is 0 Å². The second kappa shape index (κ2) is 8.35. The van der Waals surface area contributed by atoms with Gasteiger partial charge in [0, 0.05) is 15.7 Å². The van der Waals surface area contributed by atoms with E-state index in [9.17, 15) is 9.18 Å². The normalized spacial score (nSPS) is 10.7. The van der Waals surface area contributed by atoms with Crippen LogP contribution in [0.3, 0.4) is 0 Å². The van der Waals surface area contributed by atoms with Crippen molar-refractivity contribution >= 4 is 27.5 Å². The summed E-state index contributed by atoms with van der Waals surface area (Å²) in [7, 11) is 0. The molecule has 1 aromatic heterocycles. The first-order valence-corrected chi connectivity index (χ1v) is 9.10. The molecule has 3 rings (SSSR count). The highest BCUT2D eigenvalue weighted by Crippen LogP contribution is 2.23. The number of anilines is 1. The Balaban J connectivity index is 1.80. The zero-order valence-corrected chi connectivity index (χ0v) is 16.5. The first-order chi connectivity index (χ1) is 13.0. The maximum absolute atomic E-state index is 13.9. The molecule has 0 aliphatic heterocycles. The van der Waals surface area contributed by atoms with Gasteiger partial charge in [0.2, 0.25) is 0 Å². The molecule has 0 atom stereocenters. The molecule has 3 aromatic rings. The summed E-state index contributed by atoms with van der Waals surface area (Å²) in [5.41, 5.74) is 2.27. The Morgan fingerprint density at radius 2 is 1.96 bits per heavy atom. The van der Waals surface area contributed by atoms with Crippen molar-refractivity contribution in [2.24, 2.45) is 0 Å². The van der Waals surface area contributed by atoms with Gasteiger partial charge < -0.3 is 14.2 Å². The number of carbonyl (C=O) groups excluding carboxylic acids is 1. The van der Waals surface area contributed by atoms with E-state index in [0.717, 1.165) is 11.3 Å². The van der Waals surface area contributed by atoms with Crippen molar-refractivity contribution in [1.29, 1.82) is 0 Å². The maximum atomic E-state index is 13.9. The molecule has 1 heterocycles. The molecule has 0 aliphatic rings. The minimum absolute atomic E-state index is 0.0249. The van der Waals surface area contributed by atoms with Gasteiger partial charge in [0.15, 0.2) is 18.2 Å². The van der Waals surface area contributed by atoms with Crippen molar-refractivity contribution in [3.63, 3.8) is 0 Å². The van der Waals surface area contributed by atoms with Crippen LogP contribution in [0.25, 0.3) is 0 Å². The Labute approximate surface area is 164 Å². The lowest BCUT2D eigenvalue weighted by atomic mass is 10.1. The van der Waals surface area contributed by atoms with E-state index in [2.05, 4.69) is 21.1 Å². The van der Waals surface area contributed by atoms with Gasteiger partial charge in [-0.3, -0.25) is 4.79 Å². The zero-order chi connectivity index (χ0) is 19.4. The number of aromatic nitrogens is 1. The highest BCUT2D eigenvalue weighted by Gasteiger charge is 2.21. The van der Waals surface area contributed by atoms with E-state index in [1.54, 1.807) is 17.9 Å². The van der Waals surface area contributed by atoms with Gasteiger partial charge in [0.25, 0.3) is 5.91 Å². The zero-order valence-electron chi connectivity index (χ0n) is 14.9. The van der Waals surface area contributed by atoms with Gasteiger partial charge in [-0.1, -0.05) is 39.3 Å². The minimum atomic E-state index is -0.533. The Morgan fingerprint density at radius 1 is 1.22 bits per heavy atom. The van der Waals surface area contributed by atoms with Gasteiger partial charge in [-0.05, 0) is 44.2 Å². The molecule has 1 amide bonds. The number of rotatable bonds is 6. The summed E-state index contributed by atoms with van der Waals surface area (Å²) in [6, 6.07) is 13.6. The fraction of sp³-hybridized carbons (Fsp3) is 0.200. The third kappa shape index (κ3) is 4.54. The van der Waals surface area contributed by atoms with Crippen molar-refractivity contribution < 1.29 is 18.4 Å². The van der Waals surface area contributed by atoms with Crippen molar-refractivity contribution in [3.8, 4) is 5.75 Å². The predicted molar refractivity (Wildman–Crippen MR) is 103 cm³/mol. The molecule has 2 aromatic carbocycles. The first-order valence-electron chi connectivity index (χ1n) is 8.30. The molecule has 0 saturated carbocycles. The van der Waals surface area contributed by atoms with Crippen LogP contribution in [0.15, 0.2) is 57.5 Å². The lowest BCUT2D eigenvalue weighted by Crippen LogP contribution is -2.35. The molecule has 27 heavy (non-hydrogen) atoms. The molecular weight excluding hydrogens is 415 g/mol. The number of ether oxygens (including phenoxy) is 1. The summed E-state index contributed by atoms with van der Waals surface area (Å²) in [6.07, 6.45) is 0. The molecule has 5 nitrogen and oxygen atoms in total. The highest BCUT2D eigenvalue weighted by atomic mass is 79.9. The molecule has 140 valence electrons. The first kappa shape index (κ1) is 19.1. The molecule has 0 fully saturated rings. The van der Waals surface area contributed by atoms with Gasteiger partial charge in [0.05, 0.1) is 12.2 Å². The molecular formula is C20H18BrFN2O3. The quantitative estimate of drug-likeness (QED) is 0.560. The summed E-state index contributed by atoms with van der Waals surface area (Å²) in [6.45, 7) is 3.62. The second-order valence-corrected chi connectivity index (χ2v) is 6.90. The Bertz CT molecular complexity index is 924.